The smallest absolute Gasteiger partial charge is 0.135 e. The van der Waals surface area contributed by atoms with Crippen molar-refractivity contribution in [2.24, 2.45) is 0 Å². The molecule has 4 nitrogen and oxygen atoms in total. The van der Waals surface area contributed by atoms with Crippen molar-refractivity contribution < 1.29 is 8.83 Å². The molecule has 1 aliphatic rings. The third kappa shape index (κ3) is 5.35. The van der Waals surface area contributed by atoms with Gasteiger partial charge in [0.2, 0.25) is 0 Å². The molecule has 5 aromatic heterocycles. The lowest BCUT2D eigenvalue weighted by Gasteiger charge is -2.39. The molecule has 5 heterocycles. The Labute approximate surface area is 389 Å². The summed E-state index contributed by atoms with van der Waals surface area (Å²) in [5, 5.41) is 11.2. The van der Waals surface area contributed by atoms with Crippen LogP contribution in [0.15, 0.2) is 197 Å². The largest absolute Gasteiger partial charge is 0.460 e. The van der Waals surface area contributed by atoms with E-state index in [2.05, 4.69) is 211 Å². The van der Waals surface area contributed by atoms with Crippen molar-refractivity contribution >= 4 is 108 Å². The van der Waals surface area contributed by atoms with Crippen LogP contribution in [0.25, 0.3) is 125 Å². The molecule has 67 heavy (non-hydrogen) atoms. The van der Waals surface area contributed by atoms with E-state index in [-0.39, 0.29) is 11.5 Å². The van der Waals surface area contributed by atoms with Gasteiger partial charge in [-0.2, -0.15) is 0 Å². The van der Waals surface area contributed by atoms with Crippen molar-refractivity contribution in [3.05, 3.63) is 199 Å². The van der Waals surface area contributed by atoms with Crippen molar-refractivity contribution in [3.63, 3.8) is 0 Å². The zero-order valence-corrected chi connectivity index (χ0v) is 37.8. The first-order valence-corrected chi connectivity index (χ1v) is 24.2. The highest BCUT2D eigenvalue weighted by Crippen LogP contribution is 2.49. The number of rotatable bonds is 4. The lowest BCUT2D eigenvalue weighted by atomic mass is 9.75. The van der Waals surface area contributed by atoms with Gasteiger partial charge in [-0.3, -0.25) is 0 Å². The van der Waals surface area contributed by atoms with E-state index < -0.39 is 0 Å². The molecule has 0 bridgehead atoms. The van der Waals surface area contributed by atoms with Gasteiger partial charge in [-0.15, -0.1) is 11.3 Å². The molecule has 318 valence electrons. The molecule has 0 saturated heterocycles. The van der Waals surface area contributed by atoms with E-state index in [1.54, 1.807) is 0 Å². The van der Waals surface area contributed by atoms with Gasteiger partial charge in [-0.1, -0.05) is 104 Å². The molecule has 5 heteroatoms. The van der Waals surface area contributed by atoms with Crippen LogP contribution in [0.3, 0.4) is 0 Å². The van der Waals surface area contributed by atoms with Crippen LogP contribution in [0.5, 0.6) is 0 Å². The minimum atomic E-state index is -0.125. The molecule has 0 amide bonds. The highest BCUT2D eigenvalue weighted by Gasteiger charge is 2.40. The molecule has 0 fully saturated rings. The average molecular weight is 879 g/mol. The Morgan fingerprint density at radius 3 is 1.48 bits per heavy atom. The SMILES string of the molecule is CC1CC(C)(n2c3ccccc3c3ccccc32)Cc2c1oc1ccc(-c3ccc4sc5ccc(-c6ccc7oc8ccc(-n9c%10ccccc%10c%10ccccc%109)cc8c7c6)cc5c4c3)cc21. The number of para-hydroxylation sites is 4. The Balaban J connectivity index is 0.813. The van der Waals surface area contributed by atoms with E-state index in [1.807, 2.05) is 11.3 Å². The Bertz CT molecular complexity index is 4290. The summed E-state index contributed by atoms with van der Waals surface area (Å²) >= 11 is 1.86. The van der Waals surface area contributed by atoms with Gasteiger partial charge in [0.25, 0.3) is 0 Å². The summed E-state index contributed by atoms with van der Waals surface area (Å²) in [6.07, 6.45) is 1.92. The third-order valence-electron chi connectivity index (χ3n) is 15.1. The Morgan fingerprint density at radius 1 is 0.448 bits per heavy atom. The number of benzene rings is 9. The van der Waals surface area contributed by atoms with Gasteiger partial charge in [0.1, 0.15) is 22.5 Å². The van der Waals surface area contributed by atoms with Crippen molar-refractivity contribution in [2.45, 2.75) is 38.1 Å². The first kappa shape index (κ1) is 37.4. The minimum Gasteiger partial charge on any atom is -0.460 e. The normalized spacial score (nSPS) is 16.6. The molecular weight excluding hydrogens is 837 g/mol. The summed E-state index contributed by atoms with van der Waals surface area (Å²) in [5.74, 6) is 1.42. The van der Waals surface area contributed by atoms with Crippen LogP contribution >= 0.6 is 11.3 Å². The number of fused-ring (bicyclic) bond motifs is 15. The number of hydrogen-bond acceptors (Lipinski definition) is 3. The fraction of sp³-hybridized carbons (Fsp3) is 0.0968. The summed E-state index contributed by atoms with van der Waals surface area (Å²) in [6.45, 7) is 4.80. The zero-order valence-electron chi connectivity index (χ0n) is 37.0. The fourth-order valence-corrected chi connectivity index (χ4v) is 13.3. The number of hydrogen-bond donors (Lipinski definition) is 0. The van der Waals surface area contributed by atoms with Gasteiger partial charge in [0.15, 0.2) is 0 Å². The number of furan rings is 2. The maximum atomic E-state index is 6.73. The third-order valence-corrected chi connectivity index (χ3v) is 16.3. The van der Waals surface area contributed by atoms with Crippen LogP contribution in [0.4, 0.5) is 0 Å². The molecule has 2 atom stereocenters. The fourth-order valence-electron chi connectivity index (χ4n) is 12.2. The maximum absolute atomic E-state index is 6.73. The second-order valence-electron chi connectivity index (χ2n) is 19.2. The molecular formula is C62H42N2O2S. The quantitative estimate of drug-likeness (QED) is 0.177. The molecule has 0 aliphatic heterocycles. The topological polar surface area (TPSA) is 36.1 Å². The van der Waals surface area contributed by atoms with Crippen molar-refractivity contribution in [1.29, 1.82) is 0 Å². The van der Waals surface area contributed by atoms with E-state index in [4.69, 9.17) is 8.83 Å². The summed E-state index contributed by atoms with van der Waals surface area (Å²) in [5.41, 5.74) is 14.9. The maximum Gasteiger partial charge on any atom is 0.135 e. The van der Waals surface area contributed by atoms with Gasteiger partial charge in [0.05, 0.1) is 11.0 Å². The van der Waals surface area contributed by atoms with Crippen LogP contribution in [0, 0.1) is 0 Å². The summed E-state index contributed by atoms with van der Waals surface area (Å²) in [7, 11) is 0. The lowest BCUT2D eigenvalue weighted by Crippen LogP contribution is -2.37. The molecule has 15 rings (SSSR count). The first-order chi connectivity index (χ1) is 32.9. The average Bonchev–Trinajstić information content (AvgIpc) is 4.18. The molecule has 14 aromatic rings. The van der Waals surface area contributed by atoms with E-state index in [0.29, 0.717) is 0 Å². The molecule has 2 unspecified atom stereocenters. The van der Waals surface area contributed by atoms with E-state index in [1.165, 1.54) is 97.0 Å². The highest BCUT2D eigenvalue weighted by atomic mass is 32.1. The molecule has 0 N–H and O–H groups in total. The van der Waals surface area contributed by atoms with E-state index in [0.717, 1.165) is 51.8 Å². The minimum absolute atomic E-state index is 0.125. The summed E-state index contributed by atoms with van der Waals surface area (Å²) in [4.78, 5) is 0. The highest BCUT2D eigenvalue weighted by molar-refractivity contribution is 7.25. The van der Waals surface area contributed by atoms with Crippen molar-refractivity contribution in [3.8, 4) is 27.9 Å². The molecule has 0 saturated carbocycles. The summed E-state index contributed by atoms with van der Waals surface area (Å²) in [6, 6.07) is 69.2. The molecule has 0 spiro atoms. The number of aromatic nitrogens is 2. The number of nitrogens with zero attached hydrogens (tertiary/aromatic N) is 2. The van der Waals surface area contributed by atoms with Crippen LogP contribution in [0.2, 0.25) is 0 Å². The molecule has 0 radical (unpaired) electrons. The van der Waals surface area contributed by atoms with Gasteiger partial charge in [-0.05, 0) is 133 Å². The number of thiophene rings is 1. The van der Waals surface area contributed by atoms with Crippen LogP contribution in [0.1, 0.15) is 37.5 Å². The zero-order chi connectivity index (χ0) is 44.1. The van der Waals surface area contributed by atoms with Gasteiger partial charge < -0.3 is 18.0 Å². The standard InChI is InChI=1S/C62H42N2O2S/c1-36-34-62(2,64-54-17-9-5-13-44(54)45-14-6-10-18-55(45)64)35-51-47-30-38(20-25-58(47)66-61(36)51)40-22-28-60-50(32-40)49-31-39(21-27-59(49)67-60)37-19-24-56-46(29-37)48-33-41(23-26-57(48)65-56)63-52-15-7-3-11-42(52)43-12-4-8-16-53(43)63/h3-33,36H,34-35H2,1-2H3. The lowest BCUT2D eigenvalue weighted by molar-refractivity contribution is 0.253. The Hall–Kier alpha value is -7.86. The first-order valence-electron chi connectivity index (χ1n) is 23.4. The Kier molecular flexibility index (Phi) is 7.59. The molecule has 1 aliphatic carbocycles. The van der Waals surface area contributed by atoms with Crippen LogP contribution in [-0.2, 0) is 12.0 Å². The van der Waals surface area contributed by atoms with Crippen LogP contribution in [-0.4, -0.2) is 9.13 Å². The van der Waals surface area contributed by atoms with E-state index in [9.17, 15) is 0 Å². The second kappa shape index (κ2) is 13.6. The predicted octanol–water partition coefficient (Wildman–Crippen LogP) is 17.7. The molecule has 9 aromatic carbocycles. The second-order valence-corrected chi connectivity index (χ2v) is 20.3. The van der Waals surface area contributed by atoms with Gasteiger partial charge in [0, 0.05) is 91.6 Å². The van der Waals surface area contributed by atoms with Crippen molar-refractivity contribution in [2.75, 3.05) is 0 Å². The van der Waals surface area contributed by atoms with Gasteiger partial charge in [-0.25, -0.2) is 0 Å². The van der Waals surface area contributed by atoms with E-state index >= 15 is 0 Å². The monoisotopic (exact) mass is 878 g/mol. The van der Waals surface area contributed by atoms with Crippen LogP contribution < -0.4 is 0 Å². The summed E-state index contributed by atoms with van der Waals surface area (Å²) < 4.78 is 20.8. The predicted molar refractivity (Wildman–Crippen MR) is 281 cm³/mol. The van der Waals surface area contributed by atoms with Crippen molar-refractivity contribution in [1.82, 2.24) is 9.13 Å². The van der Waals surface area contributed by atoms with Gasteiger partial charge >= 0.3 is 0 Å². The Morgan fingerprint density at radius 2 is 0.896 bits per heavy atom.